The van der Waals surface area contributed by atoms with E-state index in [4.69, 9.17) is 15.5 Å². The lowest BCUT2D eigenvalue weighted by Gasteiger charge is -2.37. The van der Waals surface area contributed by atoms with Crippen molar-refractivity contribution in [2.75, 3.05) is 0 Å². The van der Waals surface area contributed by atoms with Gasteiger partial charge in [-0.15, -0.1) is 0 Å². The van der Waals surface area contributed by atoms with Gasteiger partial charge >= 0.3 is 7.60 Å². The molecule has 0 saturated heterocycles. The maximum atomic E-state index is 11.2. The quantitative estimate of drug-likeness (QED) is 0.576. The van der Waals surface area contributed by atoms with E-state index >= 15 is 0 Å². The van der Waals surface area contributed by atoms with E-state index in [2.05, 4.69) is 5.32 Å². The van der Waals surface area contributed by atoms with E-state index in [0.717, 1.165) is 0 Å². The van der Waals surface area contributed by atoms with E-state index in [9.17, 15) is 9.36 Å². The van der Waals surface area contributed by atoms with Crippen LogP contribution in [0.2, 0.25) is 0 Å². The largest absolute Gasteiger partial charge is 0.353 e. The summed E-state index contributed by atoms with van der Waals surface area (Å²) in [4.78, 5) is 29.6. The number of nitrogens with one attached hydrogen (secondary N) is 1. The Hall–Kier alpha value is -0.680. The van der Waals surface area contributed by atoms with Crippen molar-refractivity contribution in [3.63, 3.8) is 0 Å². The maximum Gasteiger partial charge on any atom is 0.351 e. The van der Waals surface area contributed by atoms with Crippen LogP contribution in [0.25, 0.3) is 0 Å². The summed E-state index contributed by atoms with van der Waals surface area (Å²) in [6.07, 6.45) is 2.23. The molecule has 6 nitrogen and oxygen atoms in total. The minimum atomic E-state index is -4.19. The van der Waals surface area contributed by atoms with Gasteiger partial charge in [-0.2, -0.15) is 0 Å². The molecule has 0 aromatic rings. The molecule has 0 unspecified atom stereocenters. The molecular formula is C12H23N2O4P. The van der Waals surface area contributed by atoms with Gasteiger partial charge in [-0.25, -0.2) is 0 Å². The van der Waals surface area contributed by atoms with Crippen molar-refractivity contribution in [3.8, 4) is 0 Å². The van der Waals surface area contributed by atoms with Gasteiger partial charge in [0.1, 0.15) is 0 Å². The van der Waals surface area contributed by atoms with E-state index in [1.54, 1.807) is 6.08 Å². The predicted octanol–water partition coefficient (Wildman–Crippen LogP) is 0.946. The highest BCUT2D eigenvalue weighted by Gasteiger charge is 2.36. The van der Waals surface area contributed by atoms with Crippen LogP contribution in [0.15, 0.2) is 11.4 Å². The van der Waals surface area contributed by atoms with Gasteiger partial charge in [-0.1, -0.05) is 19.9 Å². The molecule has 0 saturated carbocycles. The first-order valence-electron chi connectivity index (χ1n) is 6.40. The lowest BCUT2D eigenvalue weighted by Crippen LogP contribution is -2.50. The van der Waals surface area contributed by atoms with Crippen molar-refractivity contribution in [2.45, 2.75) is 45.7 Å². The fraction of sp³-hybridized carbons (Fsp3) is 0.750. The Balaban J connectivity index is 2.88. The van der Waals surface area contributed by atoms with Crippen molar-refractivity contribution in [2.24, 2.45) is 17.6 Å². The average Bonchev–Trinajstić information content (AvgIpc) is 2.24. The number of carbonyl (C=O) groups is 1. The van der Waals surface area contributed by atoms with Gasteiger partial charge in [0.15, 0.2) is 0 Å². The SMILES string of the molecule is CC(=O)N[C@@H](C(C)C)[C@H]1CC=C(P(=O)(O)O)C[C@@H]1N. The number of rotatable bonds is 4. The summed E-state index contributed by atoms with van der Waals surface area (Å²) in [6, 6.07) is -0.436. The van der Waals surface area contributed by atoms with Gasteiger partial charge in [-0.3, -0.25) is 9.36 Å². The maximum absolute atomic E-state index is 11.2. The number of allylic oxidation sites excluding steroid dienone is 1. The first-order chi connectivity index (χ1) is 8.62. The zero-order chi connectivity index (χ0) is 14.8. The molecule has 0 fully saturated rings. The van der Waals surface area contributed by atoms with Gasteiger partial charge in [0.05, 0.1) is 0 Å². The molecule has 0 aliphatic heterocycles. The van der Waals surface area contributed by atoms with Crippen molar-refractivity contribution in [3.05, 3.63) is 11.4 Å². The molecule has 0 aromatic carbocycles. The van der Waals surface area contributed by atoms with Crippen LogP contribution in [0.4, 0.5) is 0 Å². The second-order valence-corrected chi connectivity index (χ2v) is 7.14. The van der Waals surface area contributed by atoms with E-state index in [0.29, 0.717) is 6.42 Å². The smallest absolute Gasteiger partial charge is 0.351 e. The molecule has 110 valence electrons. The van der Waals surface area contributed by atoms with Crippen molar-refractivity contribution in [1.29, 1.82) is 0 Å². The fourth-order valence-electron chi connectivity index (χ4n) is 2.58. The Morgan fingerprint density at radius 3 is 2.47 bits per heavy atom. The Kier molecular flexibility index (Phi) is 5.33. The van der Waals surface area contributed by atoms with E-state index in [1.807, 2.05) is 13.8 Å². The van der Waals surface area contributed by atoms with Crippen LogP contribution in [0.3, 0.4) is 0 Å². The molecule has 1 aliphatic rings. The highest BCUT2D eigenvalue weighted by molar-refractivity contribution is 7.56. The fourth-order valence-corrected chi connectivity index (χ4v) is 3.37. The van der Waals surface area contributed by atoms with Crippen LogP contribution in [-0.2, 0) is 9.36 Å². The van der Waals surface area contributed by atoms with Crippen LogP contribution in [0.5, 0.6) is 0 Å². The minimum absolute atomic E-state index is 0.000741. The number of amides is 1. The highest BCUT2D eigenvalue weighted by Crippen LogP contribution is 2.50. The molecular weight excluding hydrogens is 267 g/mol. The Bertz CT molecular complexity index is 416. The summed E-state index contributed by atoms with van der Waals surface area (Å²) in [5, 5.41) is 3.00. The van der Waals surface area contributed by atoms with Crippen molar-refractivity contribution < 1.29 is 19.1 Å². The van der Waals surface area contributed by atoms with Gasteiger partial charge in [-0.05, 0) is 24.7 Å². The summed E-state index contributed by atoms with van der Waals surface area (Å²) >= 11 is 0. The molecule has 3 atom stereocenters. The number of carbonyl (C=O) groups excluding carboxylic acids is 1. The van der Waals surface area contributed by atoms with E-state index in [-0.39, 0.29) is 41.6 Å². The lowest BCUT2D eigenvalue weighted by molar-refractivity contribution is -0.120. The molecule has 0 bridgehead atoms. The van der Waals surface area contributed by atoms with Crippen molar-refractivity contribution >= 4 is 13.5 Å². The van der Waals surface area contributed by atoms with Crippen molar-refractivity contribution in [1.82, 2.24) is 5.32 Å². The molecule has 0 radical (unpaired) electrons. The van der Waals surface area contributed by atoms with Gasteiger partial charge in [0.2, 0.25) is 5.91 Å². The zero-order valence-corrected chi connectivity index (χ0v) is 12.4. The lowest BCUT2D eigenvalue weighted by atomic mass is 9.79. The number of hydrogen-bond acceptors (Lipinski definition) is 3. The first kappa shape index (κ1) is 16.4. The molecule has 1 rings (SSSR count). The Labute approximate surface area is 113 Å². The Morgan fingerprint density at radius 2 is 2.11 bits per heavy atom. The van der Waals surface area contributed by atoms with Gasteiger partial charge in [0, 0.05) is 24.3 Å². The number of nitrogens with two attached hydrogens (primary N) is 1. The molecule has 0 aromatic heterocycles. The third-order valence-corrected chi connectivity index (χ3v) is 4.66. The molecule has 0 heterocycles. The van der Waals surface area contributed by atoms with Crippen LogP contribution in [-0.4, -0.2) is 27.8 Å². The zero-order valence-electron chi connectivity index (χ0n) is 11.5. The second kappa shape index (κ2) is 6.18. The topological polar surface area (TPSA) is 113 Å². The first-order valence-corrected chi connectivity index (χ1v) is 8.02. The van der Waals surface area contributed by atoms with E-state index < -0.39 is 7.60 Å². The van der Waals surface area contributed by atoms with Gasteiger partial charge < -0.3 is 20.8 Å². The summed E-state index contributed by atoms with van der Waals surface area (Å²) in [5.41, 5.74) is 6.05. The van der Waals surface area contributed by atoms with E-state index in [1.165, 1.54) is 6.92 Å². The number of hydrogen-bond donors (Lipinski definition) is 4. The third kappa shape index (κ3) is 4.42. The predicted molar refractivity (Wildman–Crippen MR) is 73.3 cm³/mol. The normalized spacial score (nSPS) is 25.9. The summed E-state index contributed by atoms with van der Waals surface area (Å²) < 4.78 is 11.2. The van der Waals surface area contributed by atoms with Crippen LogP contribution >= 0.6 is 7.60 Å². The molecule has 19 heavy (non-hydrogen) atoms. The third-order valence-electron chi connectivity index (χ3n) is 3.54. The molecule has 0 spiro atoms. The van der Waals surface area contributed by atoms with Crippen LogP contribution in [0.1, 0.15) is 33.6 Å². The standard InChI is InChI=1S/C12H23N2O4P/c1-7(2)12(14-8(3)15)10-5-4-9(6-11(10)13)19(16,17)18/h4,7,10-12H,5-6,13H2,1-3H3,(H,14,15)(H2,16,17,18)/t10-,11-,12-/m0/s1. The van der Waals surface area contributed by atoms with Gasteiger partial charge in [0.25, 0.3) is 0 Å². The molecule has 1 aliphatic carbocycles. The summed E-state index contributed by atoms with van der Waals surface area (Å²) in [5.74, 6) is 0.0971. The van der Waals surface area contributed by atoms with Crippen LogP contribution in [0, 0.1) is 11.8 Å². The molecule has 5 N–H and O–H groups in total. The summed E-state index contributed by atoms with van der Waals surface area (Å²) in [7, 11) is -4.19. The summed E-state index contributed by atoms with van der Waals surface area (Å²) in [6.45, 7) is 5.45. The molecule has 1 amide bonds. The highest BCUT2D eigenvalue weighted by atomic mass is 31.2. The molecule has 7 heteroatoms. The minimum Gasteiger partial charge on any atom is -0.353 e. The van der Waals surface area contributed by atoms with Crippen LogP contribution < -0.4 is 11.1 Å². The second-order valence-electron chi connectivity index (χ2n) is 5.48. The Morgan fingerprint density at radius 1 is 1.53 bits per heavy atom. The average molecular weight is 290 g/mol. The monoisotopic (exact) mass is 290 g/mol.